The van der Waals surface area contributed by atoms with E-state index in [1.54, 1.807) is 7.11 Å². The van der Waals surface area contributed by atoms with Crippen molar-refractivity contribution in [3.05, 3.63) is 29.3 Å². The molecule has 0 saturated carbocycles. The number of methoxy groups -OCH3 is 1. The number of hydrogen-bond donors (Lipinski definition) is 2. The van der Waals surface area contributed by atoms with E-state index in [0.717, 1.165) is 16.9 Å². The van der Waals surface area contributed by atoms with Gasteiger partial charge in [0.25, 0.3) is 0 Å². The third-order valence-electron chi connectivity index (χ3n) is 3.43. The smallest absolute Gasteiger partial charge is 0.237 e. The summed E-state index contributed by atoms with van der Waals surface area (Å²) in [6.07, 6.45) is 0. The molecule has 0 heterocycles. The second kappa shape index (κ2) is 6.27. The lowest BCUT2D eigenvalue weighted by atomic mass is 9.86. The molecule has 0 radical (unpaired) electrons. The van der Waals surface area contributed by atoms with Crippen molar-refractivity contribution < 1.29 is 9.53 Å². The van der Waals surface area contributed by atoms with Gasteiger partial charge in [0, 0.05) is 5.56 Å². The molecule has 0 aliphatic rings. The van der Waals surface area contributed by atoms with E-state index in [9.17, 15) is 4.79 Å². The summed E-state index contributed by atoms with van der Waals surface area (Å²) in [6.45, 7) is 9.81. The molecule has 4 heteroatoms. The van der Waals surface area contributed by atoms with Crippen LogP contribution in [0, 0.1) is 12.3 Å². The molecule has 4 nitrogen and oxygen atoms in total. The van der Waals surface area contributed by atoms with Crippen molar-refractivity contribution in [2.75, 3.05) is 7.11 Å². The maximum atomic E-state index is 12.2. The molecule has 0 aromatic heterocycles. The van der Waals surface area contributed by atoms with Gasteiger partial charge >= 0.3 is 0 Å². The first-order valence-corrected chi connectivity index (χ1v) is 6.87. The van der Waals surface area contributed by atoms with Crippen LogP contribution in [0.4, 0.5) is 0 Å². The molecule has 112 valence electrons. The molecule has 0 fully saturated rings. The highest BCUT2D eigenvalue weighted by molar-refractivity contribution is 5.82. The minimum absolute atomic E-state index is 0.145. The topological polar surface area (TPSA) is 64.3 Å². The summed E-state index contributed by atoms with van der Waals surface area (Å²) in [4.78, 5) is 12.2. The summed E-state index contributed by atoms with van der Waals surface area (Å²) >= 11 is 0. The Balaban J connectivity index is 2.89. The van der Waals surface area contributed by atoms with Gasteiger partial charge in [-0.2, -0.15) is 0 Å². The Morgan fingerprint density at radius 3 is 2.45 bits per heavy atom. The molecular weight excluding hydrogens is 252 g/mol. The van der Waals surface area contributed by atoms with Crippen LogP contribution in [0.15, 0.2) is 18.2 Å². The van der Waals surface area contributed by atoms with Gasteiger partial charge in [0.15, 0.2) is 0 Å². The highest BCUT2D eigenvalue weighted by atomic mass is 16.5. The van der Waals surface area contributed by atoms with E-state index in [0.29, 0.717) is 0 Å². The van der Waals surface area contributed by atoms with Gasteiger partial charge in [-0.25, -0.2) is 0 Å². The fourth-order valence-corrected chi connectivity index (χ4v) is 1.97. The summed E-state index contributed by atoms with van der Waals surface area (Å²) in [5.41, 5.74) is 7.80. The van der Waals surface area contributed by atoms with Crippen LogP contribution in [-0.4, -0.2) is 19.1 Å². The monoisotopic (exact) mass is 278 g/mol. The standard InChI is InChI=1S/C16H26N2O2/c1-10-7-8-13(20-6)12(9-10)11(2)18-15(19)14(17)16(3,4)5/h7-9,11,14H,17H2,1-6H3,(H,18,19). The molecule has 2 unspecified atom stereocenters. The largest absolute Gasteiger partial charge is 0.496 e. The van der Waals surface area contributed by atoms with E-state index in [2.05, 4.69) is 5.32 Å². The van der Waals surface area contributed by atoms with Crippen LogP contribution >= 0.6 is 0 Å². The fourth-order valence-electron chi connectivity index (χ4n) is 1.97. The van der Waals surface area contributed by atoms with Crippen molar-refractivity contribution >= 4 is 5.91 Å². The zero-order valence-electron chi connectivity index (χ0n) is 13.3. The third-order valence-corrected chi connectivity index (χ3v) is 3.43. The van der Waals surface area contributed by atoms with E-state index >= 15 is 0 Å². The van der Waals surface area contributed by atoms with Crippen LogP contribution in [0.1, 0.15) is 44.9 Å². The third kappa shape index (κ3) is 3.97. The summed E-state index contributed by atoms with van der Waals surface area (Å²) < 4.78 is 5.35. The maximum absolute atomic E-state index is 12.2. The Bertz CT molecular complexity index is 478. The van der Waals surface area contributed by atoms with Gasteiger partial charge in [-0.15, -0.1) is 0 Å². The average Bonchev–Trinajstić information content (AvgIpc) is 2.36. The predicted molar refractivity (Wildman–Crippen MR) is 81.7 cm³/mol. The van der Waals surface area contributed by atoms with Crippen LogP contribution in [-0.2, 0) is 4.79 Å². The first-order valence-electron chi connectivity index (χ1n) is 6.87. The lowest BCUT2D eigenvalue weighted by molar-refractivity contribution is -0.125. The molecule has 1 aromatic carbocycles. The molecule has 0 aliphatic carbocycles. The van der Waals surface area contributed by atoms with Crippen LogP contribution in [0.3, 0.4) is 0 Å². The molecule has 3 N–H and O–H groups in total. The average molecular weight is 278 g/mol. The molecule has 0 bridgehead atoms. The molecule has 1 amide bonds. The van der Waals surface area contributed by atoms with Gasteiger partial charge in [0.2, 0.25) is 5.91 Å². The number of nitrogens with two attached hydrogens (primary N) is 1. The minimum atomic E-state index is -0.541. The number of carbonyl (C=O) groups is 1. The molecule has 20 heavy (non-hydrogen) atoms. The zero-order chi connectivity index (χ0) is 15.5. The molecule has 1 rings (SSSR count). The summed E-state index contributed by atoms with van der Waals surface area (Å²) in [6, 6.07) is 5.23. The highest BCUT2D eigenvalue weighted by Gasteiger charge is 2.28. The SMILES string of the molecule is COc1ccc(C)cc1C(C)NC(=O)C(N)C(C)(C)C. The quantitative estimate of drug-likeness (QED) is 0.889. The van der Waals surface area contributed by atoms with Gasteiger partial charge < -0.3 is 15.8 Å². The number of rotatable bonds is 4. The summed E-state index contributed by atoms with van der Waals surface area (Å²) in [5, 5.41) is 2.96. The first-order chi connectivity index (χ1) is 9.16. The van der Waals surface area contributed by atoms with Gasteiger partial charge in [-0.05, 0) is 25.3 Å². The number of amides is 1. The summed E-state index contributed by atoms with van der Waals surface area (Å²) in [7, 11) is 1.63. The molecule has 2 atom stereocenters. The number of carbonyl (C=O) groups excluding carboxylic acids is 1. The zero-order valence-corrected chi connectivity index (χ0v) is 13.3. The normalized spacial score (nSPS) is 14.6. The van der Waals surface area contributed by atoms with Crippen LogP contribution in [0.25, 0.3) is 0 Å². The predicted octanol–water partition coefficient (Wildman–Crippen LogP) is 2.55. The van der Waals surface area contributed by atoms with E-state index < -0.39 is 6.04 Å². The Hall–Kier alpha value is -1.55. The van der Waals surface area contributed by atoms with Gasteiger partial charge in [0.05, 0.1) is 19.2 Å². The van der Waals surface area contributed by atoms with Crippen molar-refractivity contribution in [1.82, 2.24) is 5.32 Å². The van der Waals surface area contributed by atoms with Crippen LogP contribution in [0.2, 0.25) is 0 Å². The van der Waals surface area contributed by atoms with Crippen LogP contribution < -0.4 is 15.8 Å². The van der Waals surface area contributed by atoms with Crippen molar-refractivity contribution in [2.24, 2.45) is 11.1 Å². The second-order valence-corrected chi connectivity index (χ2v) is 6.32. The Kier molecular flexibility index (Phi) is 5.17. The van der Waals surface area contributed by atoms with E-state index in [4.69, 9.17) is 10.5 Å². The van der Waals surface area contributed by atoms with Gasteiger partial charge in [-0.3, -0.25) is 4.79 Å². The second-order valence-electron chi connectivity index (χ2n) is 6.32. The number of aryl methyl sites for hydroxylation is 1. The Labute approximate surface area is 121 Å². The number of nitrogens with one attached hydrogen (secondary N) is 1. The number of ether oxygens (including phenoxy) is 1. The lowest BCUT2D eigenvalue weighted by Crippen LogP contribution is -2.49. The molecule has 0 spiro atoms. The lowest BCUT2D eigenvalue weighted by Gasteiger charge is -2.28. The maximum Gasteiger partial charge on any atom is 0.237 e. The number of benzene rings is 1. The van der Waals surface area contributed by atoms with Gasteiger partial charge in [-0.1, -0.05) is 38.5 Å². The van der Waals surface area contributed by atoms with Crippen LogP contribution in [0.5, 0.6) is 5.75 Å². The van der Waals surface area contributed by atoms with E-state index in [1.807, 2.05) is 52.8 Å². The number of hydrogen-bond acceptors (Lipinski definition) is 3. The van der Waals surface area contributed by atoms with Crippen molar-refractivity contribution in [3.8, 4) is 5.75 Å². The highest BCUT2D eigenvalue weighted by Crippen LogP contribution is 2.26. The van der Waals surface area contributed by atoms with E-state index in [-0.39, 0.29) is 17.4 Å². The van der Waals surface area contributed by atoms with Gasteiger partial charge in [0.1, 0.15) is 5.75 Å². The molecule has 0 aliphatic heterocycles. The van der Waals surface area contributed by atoms with Crippen molar-refractivity contribution in [2.45, 2.75) is 46.7 Å². The molecule has 0 saturated heterocycles. The van der Waals surface area contributed by atoms with Crippen molar-refractivity contribution in [3.63, 3.8) is 0 Å². The molecule has 1 aromatic rings. The first kappa shape index (κ1) is 16.5. The Morgan fingerprint density at radius 1 is 1.35 bits per heavy atom. The van der Waals surface area contributed by atoms with Crippen molar-refractivity contribution in [1.29, 1.82) is 0 Å². The molecular formula is C16H26N2O2. The fraction of sp³-hybridized carbons (Fsp3) is 0.562. The Morgan fingerprint density at radius 2 is 1.95 bits per heavy atom. The van der Waals surface area contributed by atoms with E-state index in [1.165, 1.54) is 0 Å². The summed E-state index contributed by atoms with van der Waals surface area (Å²) in [5.74, 6) is 0.626. The minimum Gasteiger partial charge on any atom is -0.496 e.